The van der Waals surface area contributed by atoms with Gasteiger partial charge >= 0.3 is 5.76 Å². The van der Waals surface area contributed by atoms with E-state index in [9.17, 15) is 32.9 Å². The first-order valence-electron chi connectivity index (χ1n) is 9.81. The van der Waals surface area contributed by atoms with Gasteiger partial charge in [0.1, 0.15) is 0 Å². The maximum atomic E-state index is 13.0. The van der Waals surface area contributed by atoms with Crippen LogP contribution in [-0.2, 0) is 21.4 Å². The number of nitrogens with zero attached hydrogens (tertiary/aromatic N) is 4. The van der Waals surface area contributed by atoms with Gasteiger partial charge in [0.2, 0.25) is 16.4 Å². The van der Waals surface area contributed by atoms with E-state index in [1.165, 1.54) is 45.6 Å². The smallest absolute Gasteiger partial charge is 0.408 e. The van der Waals surface area contributed by atoms with Crippen molar-refractivity contribution >= 4 is 39.0 Å². The standard InChI is InChI=1S/C20H18N4O8S/c25-13-21-6-8-22(9-7-21)33(30,31)16-4-5-17-19(11-16)32-20(27)23(17)12-18(26)14-2-1-3-15(10-14)24(28)29/h1-5,10-11,13H,6-9,12H2. The van der Waals surface area contributed by atoms with Crippen molar-refractivity contribution in [1.82, 2.24) is 13.8 Å². The van der Waals surface area contributed by atoms with E-state index in [0.29, 0.717) is 6.41 Å². The molecule has 13 heteroatoms. The normalized spacial score (nSPS) is 15.0. The number of aromatic nitrogens is 1. The molecule has 0 bridgehead atoms. The number of nitro benzene ring substituents is 1. The first-order valence-corrected chi connectivity index (χ1v) is 11.3. The largest absolute Gasteiger partial charge is 0.420 e. The fraction of sp³-hybridized carbons (Fsp3) is 0.250. The van der Waals surface area contributed by atoms with Gasteiger partial charge in [-0.05, 0) is 12.1 Å². The van der Waals surface area contributed by atoms with Crippen molar-refractivity contribution in [1.29, 1.82) is 0 Å². The molecule has 0 spiro atoms. The van der Waals surface area contributed by atoms with Crippen LogP contribution in [0.4, 0.5) is 5.69 Å². The quantitative estimate of drug-likeness (QED) is 0.211. The molecule has 3 aromatic rings. The summed E-state index contributed by atoms with van der Waals surface area (Å²) in [5, 5.41) is 10.9. The van der Waals surface area contributed by atoms with Crippen LogP contribution in [0.15, 0.2) is 56.6 Å². The molecule has 1 aromatic heterocycles. The van der Waals surface area contributed by atoms with Gasteiger partial charge in [-0.15, -0.1) is 0 Å². The molecule has 0 saturated carbocycles. The molecule has 1 fully saturated rings. The average Bonchev–Trinajstić information content (AvgIpc) is 3.13. The van der Waals surface area contributed by atoms with Gasteiger partial charge in [-0.3, -0.25) is 24.3 Å². The number of non-ortho nitro benzene ring substituents is 1. The first-order chi connectivity index (χ1) is 15.7. The Morgan fingerprint density at radius 2 is 1.85 bits per heavy atom. The highest BCUT2D eigenvalue weighted by Gasteiger charge is 2.29. The summed E-state index contributed by atoms with van der Waals surface area (Å²) in [5.41, 5.74) is -0.00358. The summed E-state index contributed by atoms with van der Waals surface area (Å²) in [7, 11) is -3.88. The third-order valence-corrected chi connectivity index (χ3v) is 7.28. The zero-order valence-electron chi connectivity index (χ0n) is 17.1. The molecule has 2 heterocycles. The number of rotatable bonds is 7. The van der Waals surface area contributed by atoms with Crippen LogP contribution in [0.2, 0.25) is 0 Å². The Kier molecular flexibility index (Phi) is 5.82. The molecule has 1 aliphatic heterocycles. The number of benzene rings is 2. The Bertz CT molecular complexity index is 1420. The number of oxazole rings is 1. The summed E-state index contributed by atoms with van der Waals surface area (Å²) in [6.45, 7) is 0.392. The van der Waals surface area contributed by atoms with Gasteiger partial charge in [-0.1, -0.05) is 12.1 Å². The van der Waals surface area contributed by atoms with Crippen molar-refractivity contribution in [2.24, 2.45) is 0 Å². The molecular weight excluding hydrogens is 456 g/mol. The number of Topliss-reactive ketones (excluding diaryl/α,β-unsaturated/α-hetero) is 1. The summed E-state index contributed by atoms with van der Waals surface area (Å²) in [6, 6.07) is 9.03. The van der Waals surface area contributed by atoms with E-state index >= 15 is 0 Å². The molecule has 172 valence electrons. The number of fused-ring (bicyclic) bond motifs is 1. The molecular formula is C20H18N4O8S. The second kappa shape index (κ2) is 8.60. The van der Waals surface area contributed by atoms with Gasteiger partial charge in [0.25, 0.3) is 5.69 Å². The van der Waals surface area contributed by atoms with Gasteiger partial charge in [0, 0.05) is 49.9 Å². The maximum absolute atomic E-state index is 13.0. The Hall–Kier alpha value is -3.84. The molecule has 0 N–H and O–H groups in total. The Labute approximate surface area is 186 Å². The number of nitro groups is 1. The van der Waals surface area contributed by atoms with Crippen LogP contribution in [0.3, 0.4) is 0 Å². The van der Waals surface area contributed by atoms with Gasteiger partial charge in [-0.25, -0.2) is 13.2 Å². The molecule has 0 atom stereocenters. The monoisotopic (exact) mass is 474 g/mol. The number of piperazine rings is 1. The van der Waals surface area contributed by atoms with Gasteiger partial charge in [-0.2, -0.15) is 4.31 Å². The zero-order valence-corrected chi connectivity index (χ0v) is 17.9. The van der Waals surface area contributed by atoms with Crippen LogP contribution >= 0.6 is 0 Å². The maximum Gasteiger partial charge on any atom is 0.420 e. The van der Waals surface area contributed by atoms with Gasteiger partial charge in [0.05, 0.1) is 21.9 Å². The fourth-order valence-electron chi connectivity index (χ4n) is 3.58. The van der Waals surface area contributed by atoms with Crippen LogP contribution in [0.25, 0.3) is 11.1 Å². The number of ketones is 1. The minimum Gasteiger partial charge on any atom is -0.408 e. The molecule has 2 aromatic carbocycles. The minimum absolute atomic E-state index is 0.0144. The summed E-state index contributed by atoms with van der Waals surface area (Å²) in [5.74, 6) is -1.41. The molecule has 12 nitrogen and oxygen atoms in total. The van der Waals surface area contributed by atoms with E-state index in [-0.39, 0.29) is 53.4 Å². The number of sulfonamides is 1. The number of amides is 1. The lowest BCUT2D eigenvalue weighted by Gasteiger charge is -2.31. The topological polar surface area (TPSA) is 153 Å². The van der Waals surface area contributed by atoms with Crippen molar-refractivity contribution in [3.05, 3.63) is 68.7 Å². The van der Waals surface area contributed by atoms with Crippen molar-refractivity contribution in [3.63, 3.8) is 0 Å². The highest BCUT2D eigenvalue weighted by molar-refractivity contribution is 7.89. The summed E-state index contributed by atoms with van der Waals surface area (Å²) in [6.07, 6.45) is 0.669. The van der Waals surface area contributed by atoms with E-state index in [1.807, 2.05) is 0 Å². The molecule has 1 saturated heterocycles. The predicted octanol–water partition coefficient (Wildman–Crippen LogP) is 0.848. The van der Waals surface area contributed by atoms with Crippen LogP contribution in [0.1, 0.15) is 10.4 Å². The Morgan fingerprint density at radius 1 is 1.12 bits per heavy atom. The molecule has 4 rings (SSSR count). The number of carbonyl (C=O) groups excluding carboxylic acids is 2. The highest BCUT2D eigenvalue weighted by atomic mass is 32.2. The summed E-state index contributed by atoms with van der Waals surface area (Å²) >= 11 is 0. The average molecular weight is 474 g/mol. The van der Waals surface area contributed by atoms with E-state index < -0.39 is 33.0 Å². The van der Waals surface area contributed by atoms with Crippen molar-refractivity contribution in [3.8, 4) is 0 Å². The second-order valence-electron chi connectivity index (χ2n) is 7.36. The SMILES string of the molecule is O=CN1CCN(S(=O)(=O)c2ccc3c(c2)oc(=O)n3CC(=O)c2cccc([N+](=O)[O-])c2)CC1. The van der Waals surface area contributed by atoms with Crippen LogP contribution in [0.5, 0.6) is 0 Å². The van der Waals surface area contributed by atoms with Crippen molar-refractivity contribution in [2.75, 3.05) is 26.2 Å². The molecule has 1 aliphatic rings. The van der Waals surface area contributed by atoms with E-state index in [4.69, 9.17) is 4.42 Å². The number of carbonyl (C=O) groups is 2. The van der Waals surface area contributed by atoms with Gasteiger partial charge in [0.15, 0.2) is 11.4 Å². The van der Waals surface area contributed by atoms with E-state index in [2.05, 4.69) is 0 Å². The summed E-state index contributed by atoms with van der Waals surface area (Å²) < 4.78 is 33.3. The van der Waals surface area contributed by atoms with Crippen LogP contribution < -0.4 is 5.76 Å². The Balaban J connectivity index is 1.61. The summed E-state index contributed by atoms with van der Waals surface area (Å²) in [4.78, 5) is 47.5. The van der Waals surface area contributed by atoms with Crippen molar-refractivity contribution in [2.45, 2.75) is 11.4 Å². The number of hydrogen-bond acceptors (Lipinski definition) is 8. The predicted molar refractivity (Wildman–Crippen MR) is 114 cm³/mol. The highest BCUT2D eigenvalue weighted by Crippen LogP contribution is 2.23. The first kappa shape index (κ1) is 22.4. The fourth-order valence-corrected chi connectivity index (χ4v) is 5.02. The molecule has 0 aliphatic carbocycles. The lowest BCUT2D eigenvalue weighted by atomic mass is 10.1. The minimum atomic E-state index is -3.88. The third-order valence-electron chi connectivity index (χ3n) is 5.38. The third kappa shape index (κ3) is 4.27. The van der Waals surface area contributed by atoms with E-state index in [1.54, 1.807) is 0 Å². The van der Waals surface area contributed by atoms with Crippen LogP contribution in [0, 0.1) is 10.1 Å². The lowest BCUT2D eigenvalue weighted by Crippen LogP contribution is -2.47. The second-order valence-corrected chi connectivity index (χ2v) is 9.30. The Morgan fingerprint density at radius 3 is 2.52 bits per heavy atom. The molecule has 0 unspecified atom stereocenters. The zero-order chi connectivity index (χ0) is 23.8. The lowest BCUT2D eigenvalue weighted by molar-refractivity contribution is -0.384. The molecule has 33 heavy (non-hydrogen) atoms. The van der Waals surface area contributed by atoms with Crippen LogP contribution in [-0.4, -0.2) is 65.5 Å². The number of hydrogen-bond donors (Lipinski definition) is 0. The molecule has 1 amide bonds. The van der Waals surface area contributed by atoms with E-state index in [0.717, 1.165) is 10.6 Å². The van der Waals surface area contributed by atoms with Gasteiger partial charge < -0.3 is 9.32 Å². The molecule has 0 radical (unpaired) electrons. The van der Waals surface area contributed by atoms with Crippen molar-refractivity contribution < 1.29 is 27.3 Å².